The number of rotatable bonds is 6. The van der Waals surface area contributed by atoms with Crippen molar-refractivity contribution < 1.29 is 20.1 Å². The molecule has 4 nitrogen and oxygen atoms in total. The normalized spacial score (nSPS) is 14.2. The number of quaternary nitrogens is 2. The molecule has 0 fully saturated rings. The summed E-state index contributed by atoms with van der Waals surface area (Å²) in [6, 6.07) is -0.438. The lowest BCUT2D eigenvalue weighted by Crippen LogP contribution is -2.64. The van der Waals surface area contributed by atoms with Crippen molar-refractivity contribution >= 4 is 5.97 Å². The van der Waals surface area contributed by atoms with Gasteiger partial charge in [-0.3, -0.25) is 0 Å². The molecule has 13 heavy (non-hydrogen) atoms. The molecule has 4 heteroatoms. The number of carboxylic acid groups (broad SMARTS) is 1. The van der Waals surface area contributed by atoms with Crippen LogP contribution in [0.25, 0.3) is 0 Å². The van der Waals surface area contributed by atoms with Crippen molar-refractivity contribution in [2.45, 2.75) is 25.3 Å². The lowest BCUT2D eigenvalue weighted by molar-refractivity contribution is -0.870. The Hall–Kier alpha value is -0.610. The molecule has 0 aromatic rings. The third kappa shape index (κ3) is 7.74. The van der Waals surface area contributed by atoms with Crippen molar-refractivity contribution in [2.24, 2.45) is 0 Å². The van der Waals surface area contributed by atoms with Crippen LogP contribution in [-0.2, 0) is 4.79 Å². The molecule has 0 spiro atoms. The zero-order valence-electron chi connectivity index (χ0n) is 8.92. The zero-order valence-corrected chi connectivity index (χ0v) is 8.92. The van der Waals surface area contributed by atoms with Crippen molar-refractivity contribution in [1.82, 2.24) is 0 Å². The van der Waals surface area contributed by atoms with E-state index in [1.807, 2.05) is 0 Å². The van der Waals surface area contributed by atoms with Gasteiger partial charge in [-0.15, -0.1) is 0 Å². The van der Waals surface area contributed by atoms with Crippen molar-refractivity contribution in [1.29, 1.82) is 0 Å². The van der Waals surface area contributed by atoms with Crippen LogP contribution in [0.4, 0.5) is 0 Å². The van der Waals surface area contributed by atoms with Gasteiger partial charge in [0.25, 0.3) is 0 Å². The highest BCUT2D eigenvalue weighted by molar-refractivity contribution is 5.71. The Kier molecular flexibility index (Phi) is 4.95. The van der Waals surface area contributed by atoms with E-state index < -0.39 is 12.0 Å². The van der Waals surface area contributed by atoms with Gasteiger partial charge >= 0.3 is 5.97 Å². The SMILES string of the molecule is C[N+](C)(C)CCCCC([NH3+])C(=O)O. The van der Waals surface area contributed by atoms with Gasteiger partial charge in [-0.05, 0) is 12.8 Å². The Balaban J connectivity index is 3.41. The van der Waals surface area contributed by atoms with E-state index in [2.05, 4.69) is 26.9 Å². The van der Waals surface area contributed by atoms with Crippen LogP contribution in [0, 0.1) is 0 Å². The number of carbonyl (C=O) groups is 1. The summed E-state index contributed by atoms with van der Waals surface area (Å²) in [5.74, 6) is -0.787. The van der Waals surface area contributed by atoms with Crippen LogP contribution in [0.1, 0.15) is 19.3 Å². The second kappa shape index (κ2) is 5.19. The third-order valence-corrected chi connectivity index (χ3v) is 1.98. The van der Waals surface area contributed by atoms with E-state index in [1.54, 1.807) is 0 Å². The molecule has 1 atom stereocenters. The standard InChI is InChI=1S/C9H20N2O2/c1-11(2,3)7-5-4-6-8(10)9(12)13/h8H,4-7,10H2,1-3H3/p+2. The smallest absolute Gasteiger partial charge is 0.362 e. The topological polar surface area (TPSA) is 64.9 Å². The largest absolute Gasteiger partial charge is 0.477 e. The van der Waals surface area contributed by atoms with Crippen molar-refractivity contribution in [3.05, 3.63) is 0 Å². The van der Waals surface area contributed by atoms with E-state index in [1.165, 1.54) is 0 Å². The summed E-state index contributed by atoms with van der Waals surface area (Å²) in [5, 5.41) is 8.57. The summed E-state index contributed by atoms with van der Waals surface area (Å²) in [4.78, 5) is 10.4. The first-order chi connectivity index (χ1) is 5.83. The van der Waals surface area contributed by atoms with Gasteiger partial charge in [0.2, 0.25) is 0 Å². The maximum atomic E-state index is 10.4. The molecule has 0 aliphatic heterocycles. The van der Waals surface area contributed by atoms with Gasteiger partial charge in [-0.2, -0.15) is 0 Å². The fraction of sp³-hybridized carbons (Fsp3) is 0.889. The minimum atomic E-state index is -0.787. The first kappa shape index (κ1) is 12.4. The van der Waals surface area contributed by atoms with E-state index in [4.69, 9.17) is 5.11 Å². The molecule has 0 heterocycles. The quantitative estimate of drug-likeness (QED) is 0.440. The molecular formula is C9H22N2O2+2. The van der Waals surface area contributed by atoms with Gasteiger partial charge < -0.3 is 15.3 Å². The first-order valence-corrected chi connectivity index (χ1v) is 4.69. The maximum absolute atomic E-state index is 10.4. The van der Waals surface area contributed by atoms with Crippen LogP contribution in [0.2, 0.25) is 0 Å². The predicted octanol–water partition coefficient (Wildman–Crippen LogP) is -0.442. The van der Waals surface area contributed by atoms with E-state index in [-0.39, 0.29) is 0 Å². The van der Waals surface area contributed by atoms with Crippen LogP contribution in [0.3, 0.4) is 0 Å². The molecule has 0 aliphatic carbocycles. The third-order valence-electron chi connectivity index (χ3n) is 1.98. The lowest BCUT2D eigenvalue weighted by atomic mass is 10.1. The molecule has 0 aromatic carbocycles. The molecule has 4 N–H and O–H groups in total. The van der Waals surface area contributed by atoms with Crippen LogP contribution < -0.4 is 5.73 Å². The van der Waals surface area contributed by atoms with Gasteiger partial charge in [-0.25, -0.2) is 4.79 Å². The van der Waals surface area contributed by atoms with Crippen LogP contribution >= 0.6 is 0 Å². The van der Waals surface area contributed by atoms with Crippen molar-refractivity contribution in [2.75, 3.05) is 27.7 Å². The summed E-state index contributed by atoms with van der Waals surface area (Å²) in [7, 11) is 6.41. The summed E-state index contributed by atoms with van der Waals surface area (Å²) >= 11 is 0. The monoisotopic (exact) mass is 190 g/mol. The number of hydrogen-bond acceptors (Lipinski definition) is 1. The lowest BCUT2D eigenvalue weighted by Gasteiger charge is -2.23. The molecule has 0 saturated heterocycles. The Morgan fingerprint density at radius 3 is 2.31 bits per heavy atom. The molecule has 0 radical (unpaired) electrons. The molecule has 0 saturated carbocycles. The van der Waals surface area contributed by atoms with Gasteiger partial charge in [0, 0.05) is 6.42 Å². The van der Waals surface area contributed by atoms with E-state index >= 15 is 0 Å². The zero-order chi connectivity index (χ0) is 10.5. The summed E-state index contributed by atoms with van der Waals surface area (Å²) in [6.45, 7) is 1.09. The van der Waals surface area contributed by atoms with Crippen molar-refractivity contribution in [3.8, 4) is 0 Å². The highest BCUT2D eigenvalue weighted by atomic mass is 16.4. The first-order valence-electron chi connectivity index (χ1n) is 4.69. The fourth-order valence-electron chi connectivity index (χ4n) is 1.10. The van der Waals surface area contributed by atoms with Gasteiger partial charge in [-0.1, -0.05) is 0 Å². The molecular weight excluding hydrogens is 168 g/mol. The van der Waals surface area contributed by atoms with Gasteiger partial charge in [0.15, 0.2) is 6.04 Å². The van der Waals surface area contributed by atoms with Crippen LogP contribution in [-0.4, -0.2) is 49.3 Å². The minimum Gasteiger partial charge on any atom is -0.477 e. The highest BCUT2D eigenvalue weighted by Gasteiger charge is 2.15. The molecule has 0 bridgehead atoms. The number of hydrogen-bond donors (Lipinski definition) is 2. The Labute approximate surface area is 79.9 Å². The summed E-state index contributed by atoms with van der Waals surface area (Å²) in [5.41, 5.74) is 3.57. The number of nitrogens with zero attached hydrogens (tertiary/aromatic N) is 1. The Bertz CT molecular complexity index is 163. The Morgan fingerprint density at radius 2 is 1.92 bits per heavy atom. The number of aliphatic carboxylic acids is 1. The second-order valence-corrected chi connectivity index (χ2v) is 4.54. The van der Waals surface area contributed by atoms with Crippen LogP contribution in [0.5, 0.6) is 0 Å². The van der Waals surface area contributed by atoms with E-state index in [0.29, 0.717) is 6.42 Å². The highest BCUT2D eigenvalue weighted by Crippen LogP contribution is 2.01. The number of carboxylic acids is 1. The van der Waals surface area contributed by atoms with Crippen LogP contribution in [0.15, 0.2) is 0 Å². The Morgan fingerprint density at radius 1 is 1.38 bits per heavy atom. The van der Waals surface area contributed by atoms with E-state index in [9.17, 15) is 4.79 Å². The molecule has 0 aromatic heterocycles. The average Bonchev–Trinajstić information content (AvgIpc) is 1.95. The predicted molar refractivity (Wildman–Crippen MR) is 51.1 cm³/mol. The maximum Gasteiger partial charge on any atom is 0.362 e. The number of unbranched alkanes of at least 4 members (excludes halogenated alkanes) is 1. The van der Waals surface area contributed by atoms with Gasteiger partial charge in [0.1, 0.15) is 0 Å². The molecule has 0 amide bonds. The summed E-state index contributed by atoms with van der Waals surface area (Å²) < 4.78 is 0.939. The molecule has 1 unspecified atom stereocenters. The molecule has 0 rings (SSSR count). The molecule has 78 valence electrons. The minimum absolute atomic E-state index is 0.438. The van der Waals surface area contributed by atoms with E-state index in [0.717, 1.165) is 23.9 Å². The summed E-state index contributed by atoms with van der Waals surface area (Å²) in [6.07, 6.45) is 2.72. The average molecular weight is 190 g/mol. The van der Waals surface area contributed by atoms with Gasteiger partial charge in [0.05, 0.1) is 27.7 Å². The second-order valence-electron chi connectivity index (χ2n) is 4.54. The van der Waals surface area contributed by atoms with Crippen molar-refractivity contribution in [3.63, 3.8) is 0 Å². The molecule has 0 aliphatic rings. The fourth-order valence-corrected chi connectivity index (χ4v) is 1.10.